The first-order valence-corrected chi connectivity index (χ1v) is 12.9. The third kappa shape index (κ3) is 7.87. The third-order valence-corrected chi connectivity index (χ3v) is 6.67. The summed E-state index contributed by atoms with van der Waals surface area (Å²) in [5.41, 5.74) is 4.47. The van der Waals surface area contributed by atoms with E-state index in [-0.39, 0.29) is 5.91 Å². The predicted molar refractivity (Wildman–Crippen MR) is 132 cm³/mol. The zero-order valence-electron chi connectivity index (χ0n) is 19.8. The molecule has 1 saturated heterocycles. The summed E-state index contributed by atoms with van der Waals surface area (Å²) in [6.45, 7) is 11.5. The van der Waals surface area contributed by atoms with E-state index in [0.717, 1.165) is 80.8 Å². The number of benzene rings is 1. The number of hydrogen-bond donors (Lipinski definition) is 1. The number of aryl methyl sites for hydroxylation is 2. The summed E-state index contributed by atoms with van der Waals surface area (Å²) in [5.74, 6) is 0.118. The number of unbranched alkanes of at least 4 members (excludes halogenated alkanes) is 1. The van der Waals surface area contributed by atoms with Gasteiger partial charge in [-0.3, -0.25) is 9.69 Å². The SMILES string of the molecule is CSc1nc(C)c(CCC(=O)NCCCCN2CCN(Cc3ccccc3)CC2)c(C)n1. The van der Waals surface area contributed by atoms with Gasteiger partial charge >= 0.3 is 0 Å². The van der Waals surface area contributed by atoms with Crippen LogP contribution in [-0.4, -0.2) is 71.2 Å². The maximum Gasteiger partial charge on any atom is 0.220 e. The van der Waals surface area contributed by atoms with Crippen LogP contribution in [0, 0.1) is 13.8 Å². The van der Waals surface area contributed by atoms with Gasteiger partial charge in [0.25, 0.3) is 0 Å². The highest BCUT2D eigenvalue weighted by Crippen LogP contribution is 2.17. The molecule has 2 aromatic rings. The summed E-state index contributed by atoms with van der Waals surface area (Å²) in [7, 11) is 0. The number of rotatable bonds is 11. The smallest absolute Gasteiger partial charge is 0.220 e. The Kier molecular flexibility index (Phi) is 9.96. The van der Waals surface area contributed by atoms with Crippen LogP contribution in [0.2, 0.25) is 0 Å². The van der Waals surface area contributed by atoms with E-state index in [2.05, 4.69) is 55.4 Å². The van der Waals surface area contributed by atoms with Crippen LogP contribution in [0.1, 0.15) is 41.8 Å². The molecule has 0 bridgehead atoms. The van der Waals surface area contributed by atoms with Gasteiger partial charge in [-0.1, -0.05) is 42.1 Å². The Morgan fingerprint density at radius 2 is 1.66 bits per heavy atom. The van der Waals surface area contributed by atoms with Crippen molar-refractivity contribution in [3.63, 3.8) is 0 Å². The van der Waals surface area contributed by atoms with E-state index in [1.807, 2.05) is 20.1 Å². The summed E-state index contributed by atoms with van der Waals surface area (Å²) in [4.78, 5) is 26.3. The second-order valence-corrected chi connectivity index (χ2v) is 9.29. The molecule has 0 saturated carbocycles. The fourth-order valence-electron chi connectivity index (χ4n) is 4.19. The highest BCUT2D eigenvalue weighted by Gasteiger charge is 2.16. The first kappa shape index (κ1) is 24.7. The zero-order chi connectivity index (χ0) is 22.8. The van der Waals surface area contributed by atoms with E-state index in [4.69, 9.17) is 0 Å². The molecular weight excluding hydrogens is 418 g/mol. The van der Waals surface area contributed by atoms with Crippen molar-refractivity contribution in [1.29, 1.82) is 0 Å². The van der Waals surface area contributed by atoms with E-state index in [0.29, 0.717) is 12.8 Å². The molecule has 0 aliphatic carbocycles. The van der Waals surface area contributed by atoms with Gasteiger partial charge in [-0.25, -0.2) is 9.97 Å². The second kappa shape index (κ2) is 12.9. The van der Waals surface area contributed by atoms with Crippen molar-refractivity contribution in [1.82, 2.24) is 25.1 Å². The van der Waals surface area contributed by atoms with Gasteiger partial charge in [-0.15, -0.1) is 0 Å². The molecule has 174 valence electrons. The minimum atomic E-state index is 0.118. The quantitative estimate of drug-likeness (QED) is 0.318. The lowest BCUT2D eigenvalue weighted by atomic mass is 10.1. The van der Waals surface area contributed by atoms with Crippen molar-refractivity contribution in [2.45, 2.75) is 51.2 Å². The van der Waals surface area contributed by atoms with Gasteiger partial charge in [0.1, 0.15) is 0 Å². The highest BCUT2D eigenvalue weighted by atomic mass is 32.2. The summed E-state index contributed by atoms with van der Waals surface area (Å²) < 4.78 is 0. The molecule has 1 aliphatic heterocycles. The molecule has 7 heteroatoms. The Morgan fingerprint density at radius 1 is 1.00 bits per heavy atom. The summed E-state index contributed by atoms with van der Waals surface area (Å²) >= 11 is 1.55. The molecule has 1 aromatic heterocycles. The molecule has 0 radical (unpaired) electrons. The van der Waals surface area contributed by atoms with E-state index >= 15 is 0 Å². The van der Waals surface area contributed by atoms with Gasteiger partial charge in [0.05, 0.1) is 0 Å². The van der Waals surface area contributed by atoms with Crippen molar-refractivity contribution >= 4 is 17.7 Å². The number of carbonyl (C=O) groups is 1. The Hall–Kier alpha value is -1.96. The van der Waals surface area contributed by atoms with Gasteiger partial charge in [-0.05, 0) is 57.0 Å². The van der Waals surface area contributed by atoms with E-state index in [9.17, 15) is 4.79 Å². The molecule has 1 fully saturated rings. The number of carbonyl (C=O) groups excluding carboxylic acids is 1. The van der Waals surface area contributed by atoms with Crippen LogP contribution in [0.3, 0.4) is 0 Å². The summed E-state index contributed by atoms with van der Waals surface area (Å²) in [5, 5.41) is 3.87. The molecule has 1 N–H and O–H groups in total. The topological polar surface area (TPSA) is 61.4 Å². The first-order chi connectivity index (χ1) is 15.5. The van der Waals surface area contributed by atoms with Crippen LogP contribution in [0.5, 0.6) is 0 Å². The van der Waals surface area contributed by atoms with Gasteiger partial charge in [0.2, 0.25) is 5.91 Å². The fraction of sp³-hybridized carbons (Fsp3) is 0.560. The molecule has 1 aliphatic rings. The van der Waals surface area contributed by atoms with Gasteiger partial charge in [-0.2, -0.15) is 0 Å². The average molecular weight is 456 g/mol. The predicted octanol–water partition coefficient (Wildman–Crippen LogP) is 3.46. The standard InChI is InChI=1S/C25H37N5OS/c1-20-23(21(2)28-25(27-20)32-3)11-12-24(31)26-13-7-8-14-29-15-17-30(18-16-29)19-22-9-5-4-6-10-22/h4-6,9-10H,7-8,11-19H2,1-3H3,(H,26,31). The maximum absolute atomic E-state index is 12.2. The minimum Gasteiger partial charge on any atom is -0.356 e. The van der Waals surface area contributed by atoms with Crippen LogP contribution in [0.25, 0.3) is 0 Å². The molecule has 0 atom stereocenters. The van der Waals surface area contributed by atoms with Crippen LogP contribution in [0.15, 0.2) is 35.5 Å². The number of thioether (sulfide) groups is 1. The molecule has 6 nitrogen and oxygen atoms in total. The van der Waals surface area contributed by atoms with Crippen LogP contribution >= 0.6 is 11.8 Å². The first-order valence-electron chi connectivity index (χ1n) is 11.7. The van der Waals surface area contributed by atoms with Crippen molar-refractivity contribution in [3.05, 3.63) is 52.8 Å². The monoisotopic (exact) mass is 455 g/mol. The maximum atomic E-state index is 12.2. The van der Waals surface area contributed by atoms with Crippen LogP contribution in [0.4, 0.5) is 0 Å². The lowest BCUT2D eigenvalue weighted by molar-refractivity contribution is -0.121. The number of amides is 1. The Labute approximate surface area is 197 Å². The van der Waals surface area contributed by atoms with Crippen molar-refractivity contribution in [3.8, 4) is 0 Å². The Balaban J connectivity index is 1.25. The number of nitrogens with zero attached hydrogens (tertiary/aromatic N) is 4. The summed E-state index contributed by atoms with van der Waals surface area (Å²) in [6, 6.07) is 10.7. The number of nitrogens with one attached hydrogen (secondary N) is 1. The molecule has 3 rings (SSSR count). The van der Waals surface area contributed by atoms with Gasteiger partial charge in [0.15, 0.2) is 5.16 Å². The molecule has 2 heterocycles. The number of piperazine rings is 1. The van der Waals surface area contributed by atoms with Crippen LogP contribution in [-0.2, 0) is 17.8 Å². The van der Waals surface area contributed by atoms with Crippen molar-refractivity contribution in [2.75, 3.05) is 45.5 Å². The average Bonchev–Trinajstić information content (AvgIpc) is 2.80. The van der Waals surface area contributed by atoms with Crippen LogP contribution < -0.4 is 5.32 Å². The Bertz CT molecular complexity index is 830. The van der Waals surface area contributed by atoms with E-state index in [1.54, 1.807) is 11.8 Å². The minimum absolute atomic E-state index is 0.118. The normalized spacial score (nSPS) is 15.1. The van der Waals surface area contributed by atoms with Crippen molar-refractivity contribution in [2.24, 2.45) is 0 Å². The summed E-state index contributed by atoms with van der Waals surface area (Å²) in [6.07, 6.45) is 5.33. The lowest BCUT2D eigenvalue weighted by Crippen LogP contribution is -2.46. The van der Waals surface area contributed by atoms with E-state index < -0.39 is 0 Å². The zero-order valence-corrected chi connectivity index (χ0v) is 20.6. The van der Waals surface area contributed by atoms with E-state index in [1.165, 1.54) is 5.56 Å². The molecule has 0 unspecified atom stereocenters. The largest absolute Gasteiger partial charge is 0.356 e. The molecule has 1 amide bonds. The number of hydrogen-bond acceptors (Lipinski definition) is 6. The molecule has 32 heavy (non-hydrogen) atoms. The lowest BCUT2D eigenvalue weighted by Gasteiger charge is -2.34. The molecule has 0 spiro atoms. The fourth-order valence-corrected chi connectivity index (χ4v) is 4.65. The molecular formula is C25H37N5OS. The second-order valence-electron chi connectivity index (χ2n) is 8.52. The molecule has 1 aromatic carbocycles. The van der Waals surface area contributed by atoms with Crippen molar-refractivity contribution < 1.29 is 4.79 Å². The Morgan fingerprint density at radius 3 is 2.31 bits per heavy atom. The highest BCUT2D eigenvalue weighted by molar-refractivity contribution is 7.98. The van der Waals surface area contributed by atoms with Gasteiger partial charge in [0, 0.05) is 57.1 Å². The third-order valence-electron chi connectivity index (χ3n) is 6.12. The van der Waals surface area contributed by atoms with Gasteiger partial charge < -0.3 is 10.2 Å². The number of aromatic nitrogens is 2.